The maximum absolute atomic E-state index is 6.44. The molecule has 3 aliphatic rings. The average molecular weight is 523 g/mol. The van der Waals surface area contributed by atoms with Crippen molar-refractivity contribution in [1.29, 1.82) is 0 Å². The van der Waals surface area contributed by atoms with E-state index in [-0.39, 0.29) is 11.3 Å². The van der Waals surface area contributed by atoms with Crippen LogP contribution in [-0.4, -0.2) is 0 Å². The summed E-state index contributed by atoms with van der Waals surface area (Å²) in [4.78, 5) is 0. The highest BCUT2D eigenvalue weighted by Gasteiger charge is 2.35. The number of hydrogen-bond donors (Lipinski definition) is 0. The monoisotopic (exact) mass is 522 g/mol. The first-order valence-corrected chi connectivity index (χ1v) is 14.7. The molecule has 0 radical (unpaired) electrons. The van der Waals surface area contributed by atoms with Crippen LogP contribution >= 0.6 is 11.3 Å². The van der Waals surface area contributed by atoms with Crippen LogP contribution in [0, 0.1) is 0 Å². The van der Waals surface area contributed by atoms with E-state index in [1.807, 2.05) is 11.3 Å². The first-order chi connectivity index (χ1) is 19.0. The molecule has 39 heavy (non-hydrogen) atoms. The van der Waals surface area contributed by atoms with Crippen LogP contribution in [-0.2, 0) is 5.41 Å². The fourth-order valence-corrected chi connectivity index (χ4v) is 8.02. The van der Waals surface area contributed by atoms with Crippen LogP contribution in [0.5, 0.6) is 5.75 Å². The van der Waals surface area contributed by atoms with Crippen molar-refractivity contribution in [3.63, 3.8) is 0 Å². The Labute approximate surface area is 233 Å². The van der Waals surface area contributed by atoms with Crippen molar-refractivity contribution in [2.75, 3.05) is 0 Å². The van der Waals surface area contributed by atoms with Gasteiger partial charge >= 0.3 is 0 Å². The van der Waals surface area contributed by atoms with E-state index in [9.17, 15) is 0 Å². The minimum atomic E-state index is 0.147. The van der Waals surface area contributed by atoms with Crippen molar-refractivity contribution in [3.05, 3.63) is 125 Å². The average Bonchev–Trinajstić information content (AvgIpc) is 3.57. The van der Waals surface area contributed by atoms with Gasteiger partial charge in [-0.3, -0.25) is 0 Å². The smallest absolute Gasteiger partial charge is 0.131 e. The van der Waals surface area contributed by atoms with Crippen LogP contribution in [0.15, 0.2) is 103 Å². The van der Waals surface area contributed by atoms with E-state index in [0.717, 1.165) is 24.4 Å². The fourth-order valence-electron chi connectivity index (χ4n) is 6.89. The Morgan fingerprint density at radius 2 is 1.77 bits per heavy atom. The third-order valence-electron chi connectivity index (χ3n) is 8.87. The van der Waals surface area contributed by atoms with Crippen molar-refractivity contribution < 1.29 is 4.74 Å². The normalized spacial score (nSPS) is 20.4. The summed E-state index contributed by atoms with van der Waals surface area (Å²) in [6.07, 6.45) is 13.1. The topological polar surface area (TPSA) is 9.23 Å². The molecule has 4 aromatic carbocycles. The maximum atomic E-state index is 6.44. The molecule has 2 heterocycles. The molecule has 1 unspecified atom stereocenters. The lowest BCUT2D eigenvalue weighted by molar-refractivity contribution is 0.427. The Kier molecular flexibility index (Phi) is 4.91. The van der Waals surface area contributed by atoms with Gasteiger partial charge < -0.3 is 4.74 Å². The molecule has 0 saturated carbocycles. The van der Waals surface area contributed by atoms with Crippen molar-refractivity contribution in [1.82, 2.24) is 0 Å². The highest BCUT2D eigenvalue weighted by atomic mass is 32.1. The molecule has 2 heteroatoms. The molecule has 1 aromatic heterocycles. The van der Waals surface area contributed by atoms with E-state index in [1.165, 1.54) is 64.3 Å². The molecule has 0 amide bonds. The predicted octanol–water partition coefficient (Wildman–Crippen LogP) is 10.7. The second-order valence-electron chi connectivity index (χ2n) is 11.8. The van der Waals surface area contributed by atoms with Crippen molar-refractivity contribution in [2.45, 2.75) is 44.9 Å². The Bertz CT molecular complexity index is 1970. The highest BCUT2D eigenvalue weighted by molar-refractivity contribution is 7.25. The van der Waals surface area contributed by atoms with Crippen LogP contribution < -0.4 is 4.74 Å². The van der Waals surface area contributed by atoms with E-state index in [2.05, 4.69) is 118 Å². The third-order valence-corrected chi connectivity index (χ3v) is 10.0. The first-order valence-electron chi connectivity index (χ1n) is 13.9. The molecule has 0 fully saturated rings. The van der Waals surface area contributed by atoms with Gasteiger partial charge in [-0.05, 0) is 100 Å². The molecule has 0 saturated heterocycles. The Balaban J connectivity index is 1.17. The van der Waals surface area contributed by atoms with Crippen LogP contribution in [0.3, 0.4) is 0 Å². The second-order valence-corrected chi connectivity index (χ2v) is 12.9. The van der Waals surface area contributed by atoms with Crippen molar-refractivity contribution in [3.8, 4) is 5.75 Å². The number of rotatable bonds is 2. The summed E-state index contributed by atoms with van der Waals surface area (Å²) in [5, 5.41) is 5.25. The van der Waals surface area contributed by atoms with Gasteiger partial charge in [0.05, 0.1) is 0 Å². The van der Waals surface area contributed by atoms with E-state index in [1.54, 1.807) is 0 Å². The standard InChI is InChI=1S/C37H30OS/c1-4-5-8-24-21-37(2,3)32-18-23(11-13-27(24)32)22-12-14-33-29(15-22)30-16-25-17-31-28-9-6-7-10-35(28)39-36(31)20-26(25)19-34(30)38-33/h4-14,16-20,29H,15,21H2,1-3H3/b5-4-,24-8+. The zero-order valence-corrected chi connectivity index (χ0v) is 23.4. The molecule has 0 spiro atoms. The van der Waals surface area contributed by atoms with Crippen LogP contribution in [0.25, 0.3) is 42.1 Å². The van der Waals surface area contributed by atoms with Gasteiger partial charge in [0.1, 0.15) is 11.5 Å². The lowest BCUT2D eigenvalue weighted by atomic mass is 9.82. The molecule has 190 valence electrons. The number of hydrogen-bond acceptors (Lipinski definition) is 2. The molecule has 1 atom stereocenters. The summed E-state index contributed by atoms with van der Waals surface area (Å²) in [6.45, 7) is 6.83. The van der Waals surface area contributed by atoms with Gasteiger partial charge in [0.25, 0.3) is 0 Å². The Morgan fingerprint density at radius 3 is 2.67 bits per heavy atom. The number of allylic oxidation sites excluding steroid dienone is 8. The summed E-state index contributed by atoms with van der Waals surface area (Å²) >= 11 is 1.87. The third kappa shape index (κ3) is 3.51. The highest BCUT2D eigenvalue weighted by Crippen LogP contribution is 2.51. The van der Waals surface area contributed by atoms with Gasteiger partial charge in [-0.2, -0.15) is 0 Å². The fraction of sp³-hybridized carbons (Fsp3) is 0.189. The van der Waals surface area contributed by atoms with Crippen LogP contribution in [0.1, 0.15) is 61.8 Å². The van der Waals surface area contributed by atoms with E-state index >= 15 is 0 Å². The van der Waals surface area contributed by atoms with Gasteiger partial charge in [-0.1, -0.05) is 74.5 Å². The predicted molar refractivity (Wildman–Crippen MR) is 168 cm³/mol. The molecule has 1 aliphatic heterocycles. The lowest BCUT2D eigenvalue weighted by Gasteiger charge is -2.22. The number of fused-ring (bicyclic) bond motifs is 8. The second kappa shape index (κ2) is 8.31. The van der Waals surface area contributed by atoms with E-state index in [0.29, 0.717) is 0 Å². The van der Waals surface area contributed by atoms with Gasteiger partial charge in [-0.25, -0.2) is 0 Å². The molecular weight excluding hydrogens is 492 g/mol. The van der Waals surface area contributed by atoms with E-state index < -0.39 is 0 Å². The molecule has 1 nitrogen and oxygen atoms in total. The molecule has 8 rings (SSSR count). The molecule has 2 aliphatic carbocycles. The van der Waals surface area contributed by atoms with Gasteiger partial charge in [0, 0.05) is 31.7 Å². The van der Waals surface area contributed by atoms with Gasteiger partial charge in [0.2, 0.25) is 0 Å². The van der Waals surface area contributed by atoms with Crippen LogP contribution in [0.4, 0.5) is 0 Å². The van der Waals surface area contributed by atoms with Crippen molar-refractivity contribution >= 4 is 53.4 Å². The summed E-state index contributed by atoms with van der Waals surface area (Å²) in [6, 6.07) is 25.2. The van der Waals surface area contributed by atoms with Gasteiger partial charge in [0.15, 0.2) is 0 Å². The zero-order valence-electron chi connectivity index (χ0n) is 22.5. The lowest BCUT2D eigenvalue weighted by Crippen LogP contribution is -2.12. The first kappa shape index (κ1) is 23.0. The SMILES string of the molecule is C/C=C\C=C1/CC(C)(C)c2cc(C3=CC=C4Oc5cc6cc7sc8ccccc8c7cc6cc5C4C3)ccc21. The quantitative estimate of drug-likeness (QED) is 0.224. The van der Waals surface area contributed by atoms with Crippen molar-refractivity contribution in [2.24, 2.45) is 0 Å². The number of benzene rings is 4. The summed E-state index contributed by atoms with van der Waals surface area (Å²) in [7, 11) is 0. The Morgan fingerprint density at radius 1 is 0.897 bits per heavy atom. The Hall–Kier alpha value is -3.88. The largest absolute Gasteiger partial charge is 0.461 e. The molecule has 0 bridgehead atoms. The summed E-state index contributed by atoms with van der Waals surface area (Å²) < 4.78 is 9.13. The minimum Gasteiger partial charge on any atom is -0.461 e. The van der Waals surface area contributed by atoms with E-state index in [4.69, 9.17) is 4.74 Å². The number of thiophene rings is 1. The zero-order chi connectivity index (χ0) is 26.3. The molecule has 5 aromatic rings. The molecule has 0 N–H and O–H groups in total. The number of ether oxygens (including phenoxy) is 1. The molecular formula is C37H30OS. The van der Waals surface area contributed by atoms with Crippen LogP contribution in [0.2, 0.25) is 0 Å². The summed E-state index contributed by atoms with van der Waals surface area (Å²) in [5.41, 5.74) is 8.51. The summed E-state index contributed by atoms with van der Waals surface area (Å²) in [5.74, 6) is 2.36. The van der Waals surface area contributed by atoms with Gasteiger partial charge in [-0.15, -0.1) is 11.3 Å². The minimum absolute atomic E-state index is 0.147. The maximum Gasteiger partial charge on any atom is 0.131 e.